The molecule has 98 valence electrons. The summed E-state index contributed by atoms with van der Waals surface area (Å²) >= 11 is 0. The van der Waals surface area contributed by atoms with E-state index in [-0.39, 0.29) is 11.8 Å². The highest BCUT2D eigenvalue weighted by Crippen LogP contribution is 2.26. The van der Waals surface area contributed by atoms with E-state index in [4.69, 9.17) is 5.73 Å². The number of alkyl halides is 3. The summed E-state index contributed by atoms with van der Waals surface area (Å²) in [4.78, 5) is 11.1. The molecule has 0 aliphatic rings. The van der Waals surface area contributed by atoms with E-state index in [1.54, 1.807) is 19.1 Å². The van der Waals surface area contributed by atoms with Crippen molar-refractivity contribution in [1.82, 2.24) is 0 Å². The fraction of sp³-hybridized carbons (Fsp3) is 0.250. The second-order valence-electron chi connectivity index (χ2n) is 3.72. The van der Waals surface area contributed by atoms with Crippen molar-refractivity contribution in [3.63, 3.8) is 0 Å². The smallest absolute Gasteiger partial charge is 0.422 e. The lowest BCUT2D eigenvalue weighted by Gasteiger charge is -2.10. The number of halogens is 3. The molecule has 0 aliphatic heterocycles. The standard InChI is InChI=1S/C12H12F3NO2/c1-7(12(13,14)15)11(17)18-10-5-3-9(4-6-10)8(2)16/h3-6,8H,1,16H2,2H3. The number of nitrogens with two attached hydrogens (primary N) is 1. The van der Waals surface area contributed by atoms with Gasteiger partial charge in [-0.15, -0.1) is 0 Å². The molecule has 1 rings (SSSR count). The van der Waals surface area contributed by atoms with Crippen molar-refractivity contribution in [1.29, 1.82) is 0 Å². The normalized spacial score (nSPS) is 12.9. The first-order chi connectivity index (χ1) is 8.21. The third kappa shape index (κ3) is 3.59. The lowest BCUT2D eigenvalue weighted by atomic mass is 10.1. The van der Waals surface area contributed by atoms with Crippen LogP contribution in [0.2, 0.25) is 0 Å². The van der Waals surface area contributed by atoms with Gasteiger partial charge in [0.25, 0.3) is 0 Å². The molecule has 1 aromatic carbocycles. The third-order valence-electron chi connectivity index (χ3n) is 2.21. The second-order valence-corrected chi connectivity index (χ2v) is 3.72. The summed E-state index contributed by atoms with van der Waals surface area (Å²) in [6.07, 6.45) is -4.79. The molecule has 2 N–H and O–H groups in total. The maximum atomic E-state index is 12.2. The summed E-state index contributed by atoms with van der Waals surface area (Å²) in [6, 6.07) is 5.69. The van der Waals surface area contributed by atoms with E-state index in [9.17, 15) is 18.0 Å². The van der Waals surface area contributed by atoms with Crippen LogP contribution in [0, 0.1) is 0 Å². The minimum atomic E-state index is -4.79. The number of rotatable bonds is 3. The first-order valence-corrected chi connectivity index (χ1v) is 5.05. The van der Waals surface area contributed by atoms with Gasteiger partial charge in [0, 0.05) is 6.04 Å². The van der Waals surface area contributed by atoms with E-state index in [1.807, 2.05) is 0 Å². The predicted molar refractivity (Wildman–Crippen MR) is 59.9 cm³/mol. The van der Waals surface area contributed by atoms with Crippen LogP contribution < -0.4 is 10.5 Å². The monoisotopic (exact) mass is 259 g/mol. The van der Waals surface area contributed by atoms with Gasteiger partial charge in [-0.25, -0.2) is 4.79 Å². The maximum Gasteiger partial charge on any atom is 0.422 e. The highest BCUT2D eigenvalue weighted by Gasteiger charge is 2.38. The van der Waals surface area contributed by atoms with Crippen LogP contribution in [0.15, 0.2) is 36.4 Å². The summed E-state index contributed by atoms with van der Waals surface area (Å²) in [5, 5.41) is 0. The van der Waals surface area contributed by atoms with Gasteiger partial charge in [-0.05, 0) is 24.6 Å². The first-order valence-electron chi connectivity index (χ1n) is 5.05. The van der Waals surface area contributed by atoms with Crippen molar-refractivity contribution in [3.8, 4) is 5.75 Å². The molecule has 0 heterocycles. The highest BCUT2D eigenvalue weighted by atomic mass is 19.4. The van der Waals surface area contributed by atoms with Gasteiger partial charge in [-0.1, -0.05) is 18.7 Å². The number of esters is 1. The van der Waals surface area contributed by atoms with Gasteiger partial charge < -0.3 is 10.5 Å². The molecule has 0 aromatic heterocycles. The molecule has 0 aliphatic carbocycles. The topological polar surface area (TPSA) is 52.3 Å². The van der Waals surface area contributed by atoms with E-state index < -0.39 is 17.7 Å². The van der Waals surface area contributed by atoms with Gasteiger partial charge in [-0.2, -0.15) is 13.2 Å². The largest absolute Gasteiger partial charge is 0.423 e. The minimum absolute atomic E-state index is 0.00907. The van der Waals surface area contributed by atoms with E-state index in [0.717, 1.165) is 5.56 Å². The van der Waals surface area contributed by atoms with Crippen molar-refractivity contribution in [2.24, 2.45) is 5.73 Å². The molecular formula is C12H12F3NO2. The highest BCUT2D eigenvalue weighted by molar-refractivity contribution is 5.90. The molecule has 0 radical (unpaired) electrons. The first kappa shape index (κ1) is 14.2. The lowest BCUT2D eigenvalue weighted by Crippen LogP contribution is -2.23. The molecule has 6 heteroatoms. The SMILES string of the molecule is C=C(C(=O)Oc1ccc(C(C)N)cc1)C(F)(F)F. The quantitative estimate of drug-likeness (QED) is 0.516. The van der Waals surface area contributed by atoms with Crippen LogP contribution in [0.1, 0.15) is 18.5 Å². The maximum absolute atomic E-state index is 12.2. The Hall–Kier alpha value is -1.82. The van der Waals surface area contributed by atoms with Crippen molar-refractivity contribution in [2.75, 3.05) is 0 Å². The van der Waals surface area contributed by atoms with Crippen LogP contribution in [0.5, 0.6) is 5.75 Å². The van der Waals surface area contributed by atoms with Crippen molar-refractivity contribution in [3.05, 3.63) is 42.0 Å². The molecule has 0 fully saturated rings. The number of carbonyl (C=O) groups is 1. The zero-order chi connectivity index (χ0) is 13.9. The lowest BCUT2D eigenvalue weighted by molar-refractivity contribution is -0.142. The molecule has 1 unspecified atom stereocenters. The number of hydrogen-bond donors (Lipinski definition) is 1. The average molecular weight is 259 g/mol. The summed E-state index contributed by atoms with van der Waals surface area (Å²) < 4.78 is 41.0. The van der Waals surface area contributed by atoms with Crippen molar-refractivity contribution < 1.29 is 22.7 Å². The molecule has 0 amide bonds. The summed E-state index contributed by atoms with van der Waals surface area (Å²) in [6.45, 7) is 4.40. The Kier molecular flexibility index (Phi) is 4.13. The van der Waals surface area contributed by atoms with Gasteiger partial charge in [-0.3, -0.25) is 0 Å². The molecule has 3 nitrogen and oxygen atoms in total. The summed E-state index contributed by atoms with van der Waals surface area (Å²) in [7, 11) is 0. The van der Waals surface area contributed by atoms with Crippen molar-refractivity contribution in [2.45, 2.75) is 19.1 Å². The fourth-order valence-electron chi connectivity index (χ4n) is 1.12. The van der Waals surface area contributed by atoms with Crippen molar-refractivity contribution >= 4 is 5.97 Å². The Morgan fingerprint density at radius 3 is 2.22 bits per heavy atom. The molecule has 1 atom stereocenters. The van der Waals surface area contributed by atoms with Crippen LogP contribution in [-0.4, -0.2) is 12.1 Å². The van der Waals surface area contributed by atoms with Gasteiger partial charge in [0.05, 0.1) is 0 Å². The second kappa shape index (κ2) is 5.22. The number of carbonyl (C=O) groups excluding carboxylic acids is 1. The molecule has 0 spiro atoms. The zero-order valence-corrected chi connectivity index (χ0v) is 9.62. The van der Waals surface area contributed by atoms with Gasteiger partial charge in [0.1, 0.15) is 11.3 Å². The Balaban J connectivity index is 2.74. The Bertz CT molecular complexity index is 449. The number of ether oxygens (including phenoxy) is 1. The Morgan fingerprint density at radius 2 is 1.83 bits per heavy atom. The van der Waals surface area contributed by atoms with E-state index in [1.165, 1.54) is 12.1 Å². The molecular weight excluding hydrogens is 247 g/mol. The van der Waals surface area contributed by atoms with Crippen LogP contribution in [0.25, 0.3) is 0 Å². The molecule has 0 saturated heterocycles. The number of hydrogen-bond acceptors (Lipinski definition) is 3. The van der Waals surface area contributed by atoms with Gasteiger partial charge >= 0.3 is 12.1 Å². The average Bonchev–Trinajstić information content (AvgIpc) is 2.27. The Labute approximate surface area is 102 Å². The van der Waals surface area contributed by atoms with Crippen LogP contribution in [0.3, 0.4) is 0 Å². The van der Waals surface area contributed by atoms with E-state index in [0.29, 0.717) is 0 Å². The minimum Gasteiger partial charge on any atom is -0.423 e. The zero-order valence-electron chi connectivity index (χ0n) is 9.62. The Morgan fingerprint density at radius 1 is 1.33 bits per heavy atom. The number of benzene rings is 1. The van der Waals surface area contributed by atoms with E-state index >= 15 is 0 Å². The predicted octanol–water partition coefficient (Wildman–Crippen LogP) is 2.73. The third-order valence-corrected chi connectivity index (χ3v) is 2.21. The summed E-state index contributed by atoms with van der Waals surface area (Å²) in [5.41, 5.74) is 4.84. The van der Waals surface area contributed by atoms with E-state index in [2.05, 4.69) is 11.3 Å². The molecule has 18 heavy (non-hydrogen) atoms. The summed E-state index contributed by atoms with van der Waals surface area (Å²) in [5.74, 6) is -1.51. The molecule has 0 bridgehead atoms. The fourth-order valence-corrected chi connectivity index (χ4v) is 1.12. The van der Waals surface area contributed by atoms with Crippen LogP contribution in [0.4, 0.5) is 13.2 Å². The van der Waals surface area contributed by atoms with Crippen LogP contribution >= 0.6 is 0 Å². The molecule has 0 saturated carbocycles. The van der Waals surface area contributed by atoms with Gasteiger partial charge in [0.2, 0.25) is 0 Å². The van der Waals surface area contributed by atoms with Gasteiger partial charge in [0.15, 0.2) is 0 Å². The van der Waals surface area contributed by atoms with Crippen LogP contribution in [-0.2, 0) is 4.79 Å². The molecule has 1 aromatic rings.